The van der Waals surface area contributed by atoms with Gasteiger partial charge in [0.15, 0.2) is 0 Å². The van der Waals surface area contributed by atoms with Gasteiger partial charge in [0.25, 0.3) is 0 Å². The molecule has 2 N–H and O–H groups in total. The quantitative estimate of drug-likeness (QED) is 0.0379. The summed E-state index contributed by atoms with van der Waals surface area (Å²) in [5, 5.41) is 20.4. The number of aliphatic hydroxyl groups excluding tert-OH is 2. The van der Waals surface area contributed by atoms with Crippen molar-refractivity contribution in [3.8, 4) is 0 Å². The molecule has 2 fully saturated rings. The largest absolute Gasteiger partial charge is 0.462 e. The molecular formula is C42H78O8. The summed E-state index contributed by atoms with van der Waals surface area (Å²) in [6.45, 7) is 8.72. The molecule has 0 aromatic carbocycles. The van der Waals surface area contributed by atoms with Crippen LogP contribution in [0, 0.1) is 5.92 Å². The van der Waals surface area contributed by atoms with Gasteiger partial charge in [-0.2, -0.15) is 0 Å². The van der Waals surface area contributed by atoms with Crippen LogP contribution < -0.4 is 0 Å². The van der Waals surface area contributed by atoms with Crippen molar-refractivity contribution in [3.05, 3.63) is 0 Å². The Morgan fingerprint density at radius 3 is 1.50 bits per heavy atom. The normalized spacial score (nSPS) is 21.6. The van der Waals surface area contributed by atoms with Crippen LogP contribution in [0.25, 0.3) is 0 Å². The average molecular weight is 711 g/mol. The summed E-state index contributed by atoms with van der Waals surface area (Å²) < 4.78 is 22.8. The molecule has 294 valence electrons. The summed E-state index contributed by atoms with van der Waals surface area (Å²) in [6.07, 6.45) is 27.2. The zero-order valence-electron chi connectivity index (χ0n) is 32.8. The van der Waals surface area contributed by atoms with Gasteiger partial charge in [-0.15, -0.1) is 0 Å². The lowest BCUT2D eigenvalue weighted by Gasteiger charge is -2.20. The zero-order chi connectivity index (χ0) is 36.4. The topological polar surface area (TPSA) is 118 Å². The van der Waals surface area contributed by atoms with Crippen molar-refractivity contribution in [1.82, 2.24) is 0 Å². The summed E-state index contributed by atoms with van der Waals surface area (Å²) in [5.41, 5.74) is 0. The highest BCUT2D eigenvalue weighted by Crippen LogP contribution is 2.33. The molecule has 7 atom stereocenters. The van der Waals surface area contributed by atoms with Crippen LogP contribution in [0.1, 0.15) is 201 Å². The summed E-state index contributed by atoms with van der Waals surface area (Å²) in [5.74, 6) is -0.0676. The lowest BCUT2D eigenvalue weighted by molar-refractivity contribution is -0.160. The highest BCUT2D eigenvalue weighted by atomic mass is 16.6. The number of epoxide rings is 2. The number of aliphatic hydroxyl groups is 2. The van der Waals surface area contributed by atoms with Crippen molar-refractivity contribution in [2.45, 2.75) is 244 Å². The van der Waals surface area contributed by atoms with Crippen molar-refractivity contribution >= 4 is 11.9 Å². The Hall–Kier alpha value is -1.22. The molecule has 2 aliphatic rings. The standard InChI is InChI=1S/C42H78O8/c1-5-7-9-17-23-34(43)30-39-37(49-39)25-19-13-11-15-21-27-41(45)47-32-36(29-33(3)4)48-42(46)28-22-16-12-14-20-26-38-40(50-38)31-35(44)24-18-10-8-6-2/h33-40,43-44H,5-32H2,1-4H3. The lowest BCUT2D eigenvalue weighted by atomic mass is 10.0. The second-order valence-electron chi connectivity index (χ2n) is 15.9. The van der Waals surface area contributed by atoms with Crippen LogP contribution in [0.5, 0.6) is 0 Å². The smallest absolute Gasteiger partial charge is 0.306 e. The highest BCUT2D eigenvalue weighted by Gasteiger charge is 2.39. The first kappa shape index (κ1) is 44.9. The van der Waals surface area contributed by atoms with Crippen LogP contribution in [-0.2, 0) is 28.5 Å². The molecule has 2 saturated heterocycles. The number of hydrogen-bond acceptors (Lipinski definition) is 8. The van der Waals surface area contributed by atoms with Crippen molar-refractivity contribution in [3.63, 3.8) is 0 Å². The van der Waals surface area contributed by atoms with Crippen LogP contribution in [0.4, 0.5) is 0 Å². The van der Waals surface area contributed by atoms with Gasteiger partial charge in [0.05, 0.1) is 36.6 Å². The Labute approximate surface area is 306 Å². The van der Waals surface area contributed by atoms with E-state index in [9.17, 15) is 19.8 Å². The Balaban J connectivity index is 1.41. The Morgan fingerprint density at radius 1 is 0.580 bits per heavy atom. The molecule has 0 aliphatic carbocycles. The van der Waals surface area contributed by atoms with Gasteiger partial charge in [-0.25, -0.2) is 0 Å². The van der Waals surface area contributed by atoms with Gasteiger partial charge in [-0.3, -0.25) is 9.59 Å². The van der Waals surface area contributed by atoms with E-state index in [1.807, 2.05) is 0 Å². The summed E-state index contributed by atoms with van der Waals surface area (Å²) in [7, 11) is 0. The minimum atomic E-state index is -0.386. The number of carbonyl (C=O) groups is 2. The van der Waals surface area contributed by atoms with Gasteiger partial charge in [-0.1, -0.05) is 130 Å². The maximum Gasteiger partial charge on any atom is 0.306 e. The third-order valence-electron chi connectivity index (χ3n) is 10.4. The third-order valence-corrected chi connectivity index (χ3v) is 10.4. The first-order valence-electron chi connectivity index (χ1n) is 21.2. The van der Waals surface area contributed by atoms with Crippen LogP contribution >= 0.6 is 0 Å². The van der Waals surface area contributed by atoms with Gasteiger partial charge in [0, 0.05) is 25.7 Å². The number of ether oxygens (including phenoxy) is 4. The van der Waals surface area contributed by atoms with Gasteiger partial charge in [-0.05, 0) is 50.9 Å². The summed E-state index contributed by atoms with van der Waals surface area (Å²) in [6, 6.07) is 0. The van der Waals surface area contributed by atoms with Crippen molar-refractivity contribution < 1.29 is 38.7 Å². The van der Waals surface area contributed by atoms with E-state index in [0.29, 0.717) is 37.4 Å². The molecule has 2 rings (SSSR count). The zero-order valence-corrected chi connectivity index (χ0v) is 32.8. The maximum absolute atomic E-state index is 12.5. The van der Waals surface area contributed by atoms with E-state index in [4.69, 9.17) is 18.9 Å². The molecular weight excluding hydrogens is 632 g/mol. The first-order valence-corrected chi connectivity index (χ1v) is 21.2. The van der Waals surface area contributed by atoms with Gasteiger partial charge in [0.2, 0.25) is 0 Å². The van der Waals surface area contributed by atoms with Crippen molar-refractivity contribution in [2.75, 3.05) is 6.61 Å². The average Bonchev–Trinajstić information content (AvgIpc) is 4.00. The number of carbonyl (C=O) groups excluding carboxylic acids is 2. The molecule has 0 saturated carbocycles. The first-order chi connectivity index (χ1) is 24.2. The van der Waals surface area contributed by atoms with Crippen LogP contribution in [0.15, 0.2) is 0 Å². The molecule has 7 unspecified atom stereocenters. The van der Waals surface area contributed by atoms with Crippen molar-refractivity contribution in [1.29, 1.82) is 0 Å². The number of unbranched alkanes of at least 4 members (excludes halogenated alkanes) is 14. The van der Waals surface area contributed by atoms with Crippen LogP contribution in [0.3, 0.4) is 0 Å². The second kappa shape index (κ2) is 28.3. The second-order valence-corrected chi connectivity index (χ2v) is 15.9. The highest BCUT2D eigenvalue weighted by molar-refractivity contribution is 5.70. The Morgan fingerprint density at radius 2 is 1.02 bits per heavy atom. The van der Waals surface area contributed by atoms with E-state index >= 15 is 0 Å². The molecule has 2 aliphatic heterocycles. The minimum Gasteiger partial charge on any atom is -0.462 e. The molecule has 50 heavy (non-hydrogen) atoms. The van der Waals surface area contributed by atoms with Gasteiger partial charge < -0.3 is 29.2 Å². The van der Waals surface area contributed by atoms with Crippen molar-refractivity contribution in [2.24, 2.45) is 5.92 Å². The lowest BCUT2D eigenvalue weighted by Crippen LogP contribution is -2.26. The van der Waals surface area contributed by atoms with Gasteiger partial charge in [0.1, 0.15) is 12.7 Å². The van der Waals surface area contributed by atoms with Gasteiger partial charge >= 0.3 is 11.9 Å². The molecule has 8 nitrogen and oxygen atoms in total. The maximum atomic E-state index is 12.5. The molecule has 0 aromatic rings. The molecule has 2 heterocycles. The number of rotatable bonds is 35. The minimum absolute atomic E-state index is 0.138. The van der Waals surface area contributed by atoms with Crippen LogP contribution in [-0.4, -0.2) is 71.5 Å². The van der Waals surface area contributed by atoms with E-state index in [1.54, 1.807) is 0 Å². The summed E-state index contributed by atoms with van der Waals surface area (Å²) >= 11 is 0. The SMILES string of the molecule is CCCCCCC(O)CC1OC1CCCCCCCC(=O)OCC(CC(C)C)OC(=O)CCCCCCCC1OC1CC(O)CCCCCC. The Kier molecular flexibility index (Phi) is 25.4. The van der Waals surface area contributed by atoms with E-state index in [2.05, 4.69) is 27.7 Å². The van der Waals surface area contributed by atoms with E-state index in [1.165, 1.54) is 38.5 Å². The van der Waals surface area contributed by atoms with E-state index in [-0.39, 0.29) is 49.1 Å². The predicted octanol–water partition coefficient (Wildman–Crippen LogP) is 9.93. The predicted molar refractivity (Wildman–Crippen MR) is 201 cm³/mol. The fourth-order valence-electron chi connectivity index (χ4n) is 7.14. The fourth-order valence-corrected chi connectivity index (χ4v) is 7.14. The monoisotopic (exact) mass is 711 g/mol. The number of esters is 2. The summed E-state index contributed by atoms with van der Waals surface area (Å²) in [4.78, 5) is 24.9. The molecule has 0 amide bonds. The molecule has 0 bridgehead atoms. The van der Waals surface area contributed by atoms with E-state index < -0.39 is 0 Å². The number of hydrogen-bond donors (Lipinski definition) is 2. The van der Waals surface area contributed by atoms with Crippen LogP contribution in [0.2, 0.25) is 0 Å². The molecule has 0 spiro atoms. The fraction of sp³-hybridized carbons (Fsp3) is 0.952. The van der Waals surface area contributed by atoms with E-state index in [0.717, 1.165) is 116 Å². The third kappa shape index (κ3) is 24.1. The molecule has 0 radical (unpaired) electrons. The molecule has 0 aromatic heterocycles. The molecule has 8 heteroatoms. The Bertz CT molecular complexity index is 850.